The lowest BCUT2D eigenvalue weighted by Gasteiger charge is -2.00. The van der Waals surface area contributed by atoms with Crippen LogP contribution in [0.15, 0.2) is 24.5 Å². The van der Waals surface area contributed by atoms with Gasteiger partial charge in [-0.15, -0.1) is 0 Å². The van der Waals surface area contributed by atoms with Crippen LogP contribution in [0.4, 0.5) is 8.78 Å². The van der Waals surface area contributed by atoms with Gasteiger partial charge in [-0.05, 0) is 24.6 Å². The van der Waals surface area contributed by atoms with Gasteiger partial charge in [-0.2, -0.15) is 8.78 Å². The molecule has 0 fully saturated rings. The summed E-state index contributed by atoms with van der Waals surface area (Å²) >= 11 is 0. The van der Waals surface area contributed by atoms with Gasteiger partial charge in [0.05, 0.1) is 11.0 Å². The maximum Gasteiger partial charge on any atom is 0.320 e. The van der Waals surface area contributed by atoms with Gasteiger partial charge in [-0.3, -0.25) is 4.57 Å². The summed E-state index contributed by atoms with van der Waals surface area (Å²) in [7, 11) is 0. The van der Waals surface area contributed by atoms with Crippen molar-refractivity contribution in [1.29, 1.82) is 0 Å². The molecule has 0 radical (unpaired) electrons. The molecule has 1 heterocycles. The molecule has 0 amide bonds. The molecule has 0 atom stereocenters. The van der Waals surface area contributed by atoms with Gasteiger partial charge >= 0.3 is 6.55 Å². The highest BCUT2D eigenvalue weighted by Gasteiger charge is 2.09. The van der Waals surface area contributed by atoms with Gasteiger partial charge in [-0.25, -0.2) is 4.98 Å². The summed E-state index contributed by atoms with van der Waals surface area (Å²) in [6.07, 6.45) is 1.16. The number of imidazole rings is 1. The van der Waals surface area contributed by atoms with E-state index >= 15 is 0 Å². The van der Waals surface area contributed by atoms with Crippen molar-refractivity contribution in [3.05, 3.63) is 30.1 Å². The summed E-state index contributed by atoms with van der Waals surface area (Å²) < 4.78 is 25.6. The van der Waals surface area contributed by atoms with E-state index in [-0.39, 0.29) is 0 Å². The molecule has 0 aliphatic rings. The van der Waals surface area contributed by atoms with E-state index in [0.29, 0.717) is 11.0 Å². The van der Waals surface area contributed by atoms with Crippen molar-refractivity contribution < 1.29 is 8.78 Å². The van der Waals surface area contributed by atoms with Crippen molar-refractivity contribution in [2.24, 2.45) is 0 Å². The van der Waals surface area contributed by atoms with Crippen molar-refractivity contribution in [2.45, 2.75) is 13.5 Å². The predicted octanol–water partition coefficient (Wildman–Crippen LogP) is 2.74. The molecule has 1 aromatic heterocycles. The second-order valence-electron chi connectivity index (χ2n) is 2.92. The van der Waals surface area contributed by atoms with Crippen LogP contribution >= 0.6 is 0 Å². The SMILES string of the molecule is Cc1ccc2c(c1)ncn2C(F)F. The molecule has 68 valence electrons. The van der Waals surface area contributed by atoms with Crippen LogP contribution in [0, 0.1) is 6.92 Å². The van der Waals surface area contributed by atoms with Gasteiger partial charge in [0.25, 0.3) is 0 Å². The van der Waals surface area contributed by atoms with E-state index in [9.17, 15) is 8.78 Å². The van der Waals surface area contributed by atoms with E-state index in [1.54, 1.807) is 18.2 Å². The fourth-order valence-electron chi connectivity index (χ4n) is 1.30. The summed E-state index contributed by atoms with van der Waals surface area (Å²) in [5.41, 5.74) is 2.10. The monoisotopic (exact) mass is 182 g/mol. The fourth-order valence-corrected chi connectivity index (χ4v) is 1.30. The minimum atomic E-state index is -2.52. The Morgan fingerprint density at radius 2 is 2.15 bits per heavy atom. The van der Waals surface area contributed by atoms with Crippen molar-refractivity contribution in [3.8, 4) is 0 Å². The first-order valence-electron chi connectivity index (χ1n) is 3.90. The second kappa shape index (κ2) is 2.80. The number of halogens is 2. The third-order valence-corrected chi connectivity index (χ3v) is 1.94. The Balaban J connectivity index is 2.69. The number of alkyl halides is 2. The van der Waals surface area contributed by atoms with Crippen LogP contribution in [-0.2, 0) is 0 Å². The van der Waals surface area contributed by atoms with Crippen LogP contribution in [0.2, 0.25) is 0 Å². The van der Waals surface area contributed by atoms with Crippen LogP contribution in [0.25, 0.3) is 11.0 Å². The summed E-state index contributed by atoms with van der Waals surface area (Å²) in [4.78, 5) is 3.88. The molecule has 0 spiro atoms. The van der Waals surface area contributed by atoms with E-state index in [4.69, 9.17) is 0 Å². The first kappa shape index (κ1) is 8.16. The first-order valence-corrected chi connectivity index (χ1v) is 3.90. The largest absolute Gasteiger partial charge is 0.320 e. The zero-order valence-electron chi connectivity index (χ0n) is 7.04. The molecule has 0 unspecified atom stereocenters. The van der Waals surface area contributed by atoms with Crippen LogP contribution < -0.4 is 0 Å². The quantitative estimate of drug-likeness (QED) is 0.663. The molecule has 0 saturated carbocycles. The number of hydrogen-bond acceptors (Lipinski definition) is 1. The van der Waals surface area contributed by atoms with Crippen LogP contribution in [0.3, 0.4) is 0 Å². The lowest BCUT2D eigenvalue weighted by molar-refractivity contribution is 0.0746. The highest BCUT2D eigenvalue weighted by molar-refractivity contribution is 5.76. The summed E-state index contributed by atoms with van der Waals surface area (Å²) in [6.45, 7) is -0.617. The molecule has 2 nitrogen and oxygen atoms in total. The van der Waals surface area contributed by atoms with E-state index in [1.165, 1.54) is 0 Å². The van der Waals surface area contributed by atoms with Crippen LogP contribution in [-0.4, -0.2) is 9.55 Å². The molecule has 0 saturated heterocycles. The fraction of sp³-hybridized carbons (Fsp3) is 0.222. The van der Waals surface area contributed by atoms with E-state index in [1.807, 2.05) is 6.92 Å². The van der Waals surface area contributed by atoms with Gasteiger partial charge in [0.2, 0.25) is 0 Å². The highest BCUT2D eigenvalue weighted by Crippen LogP contribution is 2.20. The number of aryl methyl sites for hydroxylation is 1. The maximum atomic E-state index is 12.4. The van der Waals surface area contributed by atoms with Gasteiger partial charge < -0.3 is 0 Å². The molecule has 1 aromatic carbocycles. The number of benzene rings is 1. The van der Waals surface area contributed by atoms with Gasteiger partial charge in [-0.1, -0.05) is 6.07 Å². The lowest BCUT2D eigenvalue weighted by Crippen LogP contribution is -1.94. The Hall–Kier alpha value is -1.45. The molecule has 0 aliphatic heterocycles. The van der Waals surface area contributed by atoms with E-state index in [0.717, 1.165) is 16.5 Å². The number of hydrogen-bond donors (Lipinski definition) is 0. The number of rotatable bonds is 1. The smallest absolute Gasteiger partial charge is 0.273 e. The second-order valence-corrected chi connectivity index (χ2v) is 2.92. The maximum absolute atomic E-state index is 12.4. The molecule has 2 aromatic rings. The molecule has 0 aliphatic carbocycles. The zero-order chi connectivity index (χ0) is 9.42. The lowest BCUT2D eigenvalue weighted by atomic mass is 10.2. The zero-order valence-corrected chi connectivity index (χ0v) is 7.04. The molecule has 0 bridgehead atoms. The van der Waals surface area contributed by atoms with Crippen molar-refractivity contribution >= 4 is 11.0 Å². The van der Waals surface area contributed by atoms with Crippen molar-refractivity contribution in [1.82, 2.24) is 9.55 Å². The number of fused-ring (bicyclic) bond motifs is 1. The summed E-state index contributed by atoms with van der Waals surface area (Å²) in [6, 6.07) is 5.24. The minimum Gasteiger partial charge on any atom is -0.273 e. The summed E-state index contributed by atoms with van der Waals surface area (Å²) in [5, 5.41) is 0. The van der Waals surface area contributed by atoms with Gasteiger partial charge in [0.1, 0.15) is 6.33 Å². The van der Waals surface area contributed by atoms with Gasteiger partial charge in [0.15, 0.2) is 0 Å². The highest BCUT2D eigenvalue weighted by atomic mass is 19.3. The van der Waals surface area contributed by atoms with E-state index in [2.05, 4.69) is 4.98 Å². The van der Waals surface area contributed by atoms with Gasteiger partial charge in [0, 0.05) is 0 Å². The van der Waals surface area contributed by atoms with Crippen molar-refractivity contribution in [3.63, 3.8) is 0 Å². The first-order chi connectivity index (χ1) is 6.18. The molecular formula is C9H8F2N2. The van der Waals surface area contributed by atoms with Crippen LogP contribution in [0.1, 0.15) is 12.1 Å². The standard InChI is InChI=1S/C9H8F2N2/c1-6-2-3-8-7(4-6)12-5-13(8)9(10)11/h2-5,9H,1H3. The Morgan fingerprint density at radius 1 is 1.38 bits per heavy atom. The minimum absolute atomic E-state index is 0.473. The third kappa shape index (κ3) is 1.28. The topological polar surface area (TPSA) is 17.8 Å². The Bertz CT molecular complexity index is 434. The average molecular weight is 182 g/mol. The Kier molecular flexibility index (Phi) is 1.76. The molecule has 4 heteroatoms. The molecule has 2 rings (SSSR count). The third-order valence-electron chi connectivity index (χ3n) is 1.94. The van der Waals surface area contributed by atoms with Crippen molar-refractivity contribution in [2.75, 3.05) is 0 Å². The Labute approximate surface area is 73.8 Å². The Morgan fingerprint density at radius 3 is 2.85 bits per heavy atom. The number of aromatic nitrogens is 2. The predicted molar refractivity (Wildman–Crippen MR) is 45.7 cm³/mol. The number of nitrogens with zero attached hydrogens (tertiary/aromatic N) is 2. The summed E-state index contributed by atoms with van der Waals surface area (Å²) in [5.74, 6) is 0. The van der Waals surface area contributed by atoms with E-state index < -0.39 is 6.55 Å². The average Bonchev–Trinajstić information content (AvgIpc) is 2.46. The molecule has 0 N–H and O–H groups in total. The normalized spacial score (nSPS) is 11.4. The molecule has 13 heavy (non-hydrogen) atoms. The molecular weight excluding hydrogens is 174 g/mol. The van der Waals surface area contributed by atoms with Crippen LogP contribution in [0.5, 0.6) is 0 Å².